The fraction of sp³-hybridized carbons (Fsp3) is 0.533. The Hall–Kier alpha value is -1.76. The zero-order chi connectivity index (χ0) is 16.4. The third kappa shape index (κ3) is 3.91. The maximum absolute atomic E-state index is 12.8. The Morgan fingerprint density at radius 2 is 2.00 bits per heavy atom. The monoisotopic (exact) mass is 317 g/mol. The zero-order valence-electron chi connectivity index (χ0n) is 12.1. The van der Waals surface area contributed by atoms with Crippen LogP contribution in [0.15, 0.2) is 24.3 Å². The number of aliphatic hydroxyl groups excluding tert-OH is 1. The smallest absolute Gasteiger partial charge is 0.419 e. The van der Waals surface area contributed by atoms with Gasteiger partial charge in [-0.15, -0.1) is 0 Å². The molecule has 1 fully saturated rings. The fourth-order valence-electron chi connectivity index (χ4n) is 2.32. The number of benzene rings is 1. The highest BCUT2D eigenvalue weighted by molar-refractivity contribution is 5.78. The van der Waals surface area contributed by atoms with Crippen LogP contribution in [-0.4, -0.2) is 29.8 Å². The number of carbonyl (C=O) groups is 1. The van der Waals surface area contributed by atoms with E-state index in [0.717, 1.165) is 18.9 Å². The Bertz CT molecular complexity index is 543. The van der Waals surface area contributed by atoms with Crippen LogP contribution in [0.25, 0.3) is 0 Å². The first-order chi connectivity index (χ1) is 10.3. The predicted molar refractivity (Wildman–Crippen MR) is 73.3 cm³/mol. The van der Waals surface area contributed by atoms with Crippen LogP contribution in [-0.2, 0) is 11.0 Å². The number of aliphatic hydroxyl groups is 1. The van der Waals surface area contributed by atoms with E-state index in [-0.39, 0.29) is 18.3 Å². The van der Waals surface area contributed by atoms with Crippen LogP contribution in [0.5, 0.6) is 5.75 Å². The average Bonchev–Trinajstić information content (AvgIpc) is 3.29. The Labute approximate surface area is 126 Å². The Kier molecular flexibility index (Phi) is 4.65. The highest BCUT2D eigenvalue weighted by Gasteiger charge is 2.42. The van der Waals surface area contributed by atoms with Gasteiger partial charge in [-0.2, -0.15) is 13.2 Å². The third-order valence-electron chi connectivity index (χ3n) is 3.78. The largest absolute Gasteiger partial charge is 0.483 e. The average molecular weight is 317 g/mol. The molecule has 22 heavy (non-hydrogen) atoms. The summed E-state index contributed by atoms with van der Waals surface area (Å²) in [5.74, 6) is -0.744. The van der Waals surface area contributed by atoms with Crippen molar-refractivity contribution in [2.45, 2.75) is 31.5 Å². The summed E-state index contributed by atoms with van der Waals surface area (Å²) in [5.41, 5.74) is -1.67. The van der Waals surface area contributed by atoms with E-state index in [1.165, 1.54) is 18.2 Å². The van der Waals surface area contributed by atoms with Gasteiger partial charge in [-0.1, -0.05) is 12.1 Å². The van der Waals surface area contributed by atoms with Crippen LogP contribution in [0.4, 0.5) is 13.2 Å². The molecule has 0 aliphatic heterocycles. The number of hydrogen-bond donors (Lipinski definition) is 2. The van der Waals surface area contributed by atoms with Crippen molar-refractivity contribution in [1.82, 2.24) is 5.32 Å². The molecule has 1 amide bonds. The van der Waals surface area contributed by atoms with Crippen LogP contribution in [0.2, 0.25) is 0 Å². The summed E-state index contributed by atoms with van der Waals surface area (Å²) < 4.78 is 43.4. The van der Waals surface area contributed by atoms with Gasteiger partial charge in [0.2, 0.25) is 0 Å². The van der Waals surface area contributed by atoms with E-state index in [0.29, 0.717) is 0 Å². The summed E-state index contributed by atoms with van der Waals surface area (Å²) in [5, 5.41) is 12.0. The minimum Gasteiger partial charge on any atom is -0.483 e. The first kappa shape index (κ1) is 16.6. The second kappa shape index (κ2) is 6.16. The van der Waals surface area contributed by atoms with Crippen molar-refractivity contribution in [3.63, 3.8) is 0 Å². The number of rotatable bonds is 6. The van der Waals surface area contributed by atoms with Crippen molar-refractivity contribution in [2.24, 2.45) is 5.92 Å². The lowest BCUT2D eigenvalue weighted by molar-refractivity contribution is -0.140. The maximum Gasteiger partial charge on any atom is 0.419 e. The lowest BCUT2D eigenvalue weighted by Gasteiger charge is -2.28. The Balaban J connectivity index is 1.97. The molecule has 0 bridgehead atoms. The molecule has 1 aliphatic rings. The minimum atomic E-state index is -4.54. The molecule has 1 saturated carbocycles. The van der Waals surface area contributed by atoms with Crippen LogP contribution in [0.3, 0.4) is 0 Å². The molecule has 0 heterocycles. The molecule has 1 aromatic rings. The number of nitrogens with one attached hydrogen (secondary N) is 1. The Morgan fingerprint density at radius 3 is 2.55 bits per heavy atom. The molecule has 1 aliphatic carbocycles. The normalized spacial score (nSPS) is 17.7. The van der Waals surface area contributed by atoms with E-state index >= 15 is 0 Å². The summed E-state index contributed by atoms with van der Waals surface area (Å²) in [6.07, 6.45) is -2.72. The first-order valence-corrected chi connectivity index (χ1v) is 6.97. The summed E-state index contributed by atoms with van der Waals surface area (Å²) in [7, 11) is 0. The van der Waals surface area contributed by atoms with Gasteiger partial charge in [0.1, 0.15) is 5.75 Å². The molecular weight excluding hydrogens is 299 g/mol. The van der Waals surface area contributed by atoms with E-state index in [1.54, 1.807) is 6.92 Å². The minimum absolute atomic E-state index is 0.198. The number of hydrogen-bond acceptors (Lipinski definition) is 3. The van der Waals surface area contributed by atoms with E-state index in [2.05, 4.69) is 5.32 Å². The predicted octanol–water partition coefficient (Wildman–Crippen LogP) is 2.36. The zero-order valence-corrected chi connectivity index (χ0v) is 12.1. The topological polar surface area (TPSA) is 58.6 Å². The maximum atomic E-state index is 12.8. The van der Waals surface area contributed by atoms with Crippen molar-refractivity contribution in [3.05, 3.63) is 29.8 Å². The molecule has 0 spiro atoms. The summed E-state index contributed by atoms with van der Waals surface area (Å²) in [6.45, 7) is 0.962. The molecule has 1 unspecified atom stereocenters. The van der Waals surface area contributed by atoms with Gasteiger partial charge >= 0.3 is 6.18 Å². The second-order valence-corrected chi connectivity index (χ2v) is 5.68. The Morgan fingerprint density at radius 1 is 1.36 bits per heavy atom. The van der Waals surface area contributed by atoms with E-state index < -0.39 is 29.8 Å². The van der Waals surface area contributed by atoms with Gasteiger partial charge in [0.25, 0.3) is 5.91 Å². The van der Waals surface area contributed by atoms with Crippen molar-refractivity contribution in [3.8, 4) is 5.75 Å². The molecule has 0 saturated heterocycles. The molecule has 0 aromatic heterocycles. The number of para-hydroxylation sites is 1. The molecule has 0 radical (unpaired) electrons. The number of halogens is 3. The molecule has 2 N–H and O–H groups in total. The summed E-state index contributed by atoms with van der Waals surface area (Å²) >= 11 is 0. The van der Waals surface area contributed by atoms with Gasteiger partial charge in [0, 0.05) is 0 Å². The van der Waals surface area contributed by atoms with Gasteiger partial charge in [-0.25, -0.2) is 0 Å². The van der Waals surface area contributed by atoms with Crippen molar-refractivity contribution in [2.75, 3.05) is 13.2 Å². The van der Waals surface area contributed by atoms with E-state index in [9.17, 15) is 23.1 Å². The van der Waals surface area contributed by atoms with Crippen LogP contribution in [0, 0.1) is 5.92 Å². The highest BCUT2D eigenvalue weighted by Crippen LogP contribution is 2.39. The number of alkyl halides is 3. The molecule has 122 valence electrons. The third-order valence-corrected chi connectivity index (χ3v) is 3.78. The second-order valence-electron chi connectivity index (χ2n) is 5.68. The molecule has 7 heteroatoms. The molecule has 2 rings (SSSR count). The number of ether oxygens (including phenoxy) is 1. The van der Waals surface area contributed by atoms with Gasteiger partial charge in [-0.05, 0) is 37.8 Å². The fourth-order valence-corrected chi connectivity index (χ4v) is 2.32. The van der Waals surface area contributed by atoms with Crippen molar-refractivity contribution < 1.29 is 27.8 Å². The molecule has 4 nitrogen and oxygen atoms in total. The van der Waals surface area contributed by atoms with E-state index in [1.807, 2.05) is 0 Å². The van der Waals surface area contributed by atoms with Gasteiger partial charge in [0.05, 0.1) is 17.7 Å². The lowest BCUT2D eigenvalue weighted by Crippen LogP contribution is -2.52. The highest BCUT2D eigenvalue weighted by atomic mass is 19.4. The standard InChI is InChI=1S/C15H18F3NO3/c1-14(9-20,10-6-7-10)19-13(21)8-22-12-5-3-2-4-11(12)15(16,17)18/h2-5,10,20H,6-9H2,1H3,(H,19,21). The first-order valence-electron chi connectivity index (χ1n) is 6.97. The number of carbonyl (C=O) groups excluding carboxylic acids is 1. The number of amides is 1. The van der Waals surface area contributed by atoms with Gasteiger partial charge < -0.3 is 15.2 Å². The van der Waals surface area contributed by atoms with Crippen molar-refractivity contribution >= 4 is 5.91 Å². The SMILES string of the molecule is CC(CO)(NC(=O)COc1ccccc1C(F)(F)F)C1CC1. The molecule has 1 aromatic carbocycles. The summed E-state index contributed by atoms with van der Waals surface area (Å²) in [6, 6.07) is 4.73. The van der Waals surface area contributed by atoms with Gasteiger partial charge in [0.15, 0.2) is 6.61 Å². The molecule has 1 atom stereocenters. The van der Waals surface area contributed by atoms with Crippen LogP contribution in [0.1, 0.15) is 25.3 Å². The van der Waals surface area contributed by atoms with Crippen molar-refractivity contribution in [1.29, 1.82) is 0 Å². The van der Waals surface area contributed by atoms with Crippen LogP contribution < -0.4 is 10.1 Å². The molecular formula is C15H18F3NO3. The summed E-state index contributed by atoms with van der Waals surface area (Å²) in [4.78, 5) is 11.9. The quantitative estimate of drug-likeness (QED) is 0.847. The van der Waals surface area contributed by atoms with Crippen LogP contribution >= 0.6 is 0 Å². The lowest BCUT2D eigenvalue weighted by atomic mass is 9.97. The van der Waals surface area contributed by atoms with Gasteiger partial charge in [-0.3, -0.25) is 4.79 Å². The van der Waals surface area contributed by atoms with E-state index in [4.69, 9.17) is 4.74 Å².